The smallest absolute Gasteiger partial charge is 0.0119 e. The lowest BCUT2D eigenvalue weighted by Gasteiger charge is -2.20. The highest BCUT2D eigenvalue weighted by molar-refractivity contribution is 5.93. The third-order valence-corrected chi connectivity index (χ3v) is 6.14. The van der Waals surface area contributed by atoms with Crippen molar-refractivity contribution in [3.8, 4) is 11.1 Å². The molecule has 0 heteroatoms. The van der Waals surface area contributed by atoms with E-state index in [-0.39, 0.29) is 0 Å². The van der Waals surface area contributed by atoms with Crippen molar-refractivity contribution in [2.24, 2.45) is 0 Å². The van der Waals surface area contributed by atoms with Gasteiger partial charge in [-0.1, -0.05) is 67.2 Å². The van der Waals surface area contributed by atoms with Gasteiger partial charge in [0.1, 0.15) is 0 Å². The van der Waals surface area contributed by atoms with E-state index in [1.807, 2.05) is 0 Å². The molecule has 0 saturated carbocycles. The van der Waals surface area contributed by atoms with Crippen LogP contribution in [0, 0.1) is 34.6 Å². The summed E-state index contributed by atoms with van der Waals surface area (Å²) in [6.45, 7) is 15.6. The minimum Gasteiger partial charge on any atom is -0.0905 e. The second kappa shape index (κ2) is 7.37. The molecule has 0 aliphatic rings. The molecule has 0 saturated heterocycles. The van der Waals surface area contributed by atoms with E-state index in [2.05, 4.69) is 108 Å². The molecular formula is C29H28. The van der Waals surface area contributed by atoms with E-state index >= 15 is 0 Å². The molecule has 144 valence electrons. The monoisotopic (exact) mass is 376 g/mol. The summed E-state index contributed by atoms with van der Waals surface area (Å²) < 4.78 is 0. The molecule has 0 N–H and O–H groups in total. The predicted octanol–water partition coefficient (Wildman–Crippen LogP) is 8.11. The number of aryl methyl sites for hydroxylation is 4. The minimum absolute atomic E-state index is 1.11. The van der Waals surface area contributed by atoms with Gasteiger partial charge in [0.2, 0.25) is 0 Å². The number of fused-ring (bicyclic) bond motifs is 1. The summed E-state index contributed by atoms with van der Waals surface area (Å²) in [5.74, 6) is 0. The highest BCUT2D eigenvalue weighted by atomic mass is 14.2. The summed E-state index contributed by atoms with van der Waals surface area (Å²) >= 11 is 0. The van der Waals surface area contributed by atoms with Crippen LogP contribution in [0.5, 0.6) is 0 Å². The highest BCUT2D eigenvalue weighted by Crippen LogP contribution is 2.38. The number of rotatable bonds is 3. The van der Waals surface area contributed by atoms with Crippen molar-refractivity contribution in [1.29, 1.82) is 0 Å². The number of hydrogen-bond acceptors (Lipinski definition) is 0. The lowest BCUT2D eigenvalue weighted by Crippen LogP contribution is -2.00. The van der Waals surface area contributed by atoms with Gasteiger partial charge in [-0.05, 0) is 107 Å². The number of benzene rings is 4. The molecule has 4 aromatic carbocycles. The van der Waals surface area contributed by atoms with Crippen molar-refractivity contribution in [1.82, 2.24) is 0 Å². The topological polar surface area (TPSA) is 0 Å². The van der Waals surface area contributed by atoms with E-state index in [9.17, 15) is 0 Å². The molecule has 0 aliphatic heterocycles. The SMILES string of the molecule is C=C(c1cc2ccccc2cc1C)c1c(C)ccc(-c2c(C)cccc2C)c1C. The fourth-order valence-corrected chi connectivity index (χ4v) is 4.64. The van der Waals surface area contributed by atoms with Gasteiger partial charge < -0.3 is 0 Å². The van der Waals surface area contributed by atoms with Gasteiger partial charge in [0.05, 0.1) is 0 Å². The van der Waals surface area contributed by atoms with Crippen molar-refractivity contribution in [2.45, 2.75) is 34.6 Å². The first-order valence-electron chi connectivity index (χ1n) is 10.2. The Morgan fingerprint density at radius 3 is 1.90 bits per heavy atom. The fourth-order valence-electron chi connectivity index (χ4n) is 4.64. The summed E-state index contributed by atoms with van der Waals surface area (Å²) in [5.41, 5.74) is 12.7. The Morgan fingerprint density at radius 2 is 1.24 bits per heavy atom. The molecule has 4 rings (SSSR count). The zero-order valence-corrected chi connectivity index (χ0v) is 18.1. The van der Waals surface area contributed by atoms with Gasteiger partial charge in [-0.2, -0.15) is 0 Å². The summed E-state index contributed by atoms with van der Waals surface area (Å²) in [6, 6.07) is 24.2. The lowest BCUT2D eigenvalue weighted by atomic mass is 9.84. The standard InChI is InChI=1S/C29H28/c1-18-10-9-11-19(2)28(18)26-15-14-20(3)29(22(26)5)23(6)27-17-25-13-8-7-12-24(25)16-21(27)4/h7-17H,6H2,1-5H3. The van der Waals surface area contributed by atoms with Crippen molar-refractivity contribution < 1.29 is 0 Å². The van der Waals surface area contributed by atoms with Gasteiger partial charge in [0.25, 0.3) is 0 Å². The Labute approximate surface area is 174 Å². The van der Waals surface area contributed by atoms with Gasteiger partial charge in [-0.25, -0.2) is 0 Å². The van der Waals surface area contributed by atoms with Gasteiger partial charge in [0.15, 0.2) is 0 Å². The molecule has 0 unspecified atom stereocenters. The van der Waals surface area contributed by atoms with Gasteiger partial charge >= 0.3 is 0 Å². The Morgan fingerprint density at radius 1 is 0.621 bits per heavy atom. The first-order valence-corrected chi connectivity index (χ1v) is 10.2. The van der Waals surface area contributed by atoms with E-state index < -0.39 is 0 Å². The first-order chi connectivity index (χ1) is 13.9. The van der Waals surface area contributed by atoms with Crippen molar-refractivity contribution >= 4 is 16.3 Å². The molecule has 0 amide bonds. The quantitative estimate of drug-likeness (QED) is 0.339. The second-order valence-electron chi connectivity index (χ2n) is 8.19. The molecule has 0 nitrogen and oxygen atoms in total. The van der Waals surface area contributed by atoms with E-state index in [0.717, 1.165) is 5.57 Å². The zero-order valence-electron chi connectivity index (χ0n) is 18.1. The maximum atomic E-state index is 4.56. The van der Waals surface area contributed by atoms with E-state index in [1.54, 1.807) is 0 Å². The molecule has 0 aliphatic carbocycles. The van der Waals surface area contributed by atoms with Crippen LogP contribution in [0.15, 0.2) is 73.3 Å². The average Bonchev–Trinajstić information content (AvgIpc) is 2.68. The molecular weight excluding hydrogens is 348 g/mol. The summed E-state index contributed by atoms with van der Waals surface area (Å²) in [6.07, 6.45) is 0. The predicted molar refractivity (Wildman–Crippen MR) is 128 cm³/mol. The maximum absolute atomic E-state index is 4.56. The molecule has 0 aromatic heterocycles. The van der Waals surface area contributed by atoms with Crippen LogP contribution in [0.3, 0.4) is 0 Å². The molecule has 0 bridgehead atoms. The molecule has 4 aromatic rings. The van der Waals surface area contributed by atoms with Crippen LogP contribution in [0.1, 0.15) is 38.9 Å². The van der Waals surface area contributed by atoms with Gasteiger partial charge in [0, 0.05) is 0 Å². The lowest BCUT2D eigenvalue weighted by molar-refractivity contribution is 1.30. The maximum Gasteiger partial charge on any atom is -0.0119 e. The van der Waals surface area contributed by atoms with Gasteiger partial charge in [-0.15, -0.1) is 0 Å². The van der Waals surface area contributed by atoms with Crippen molar-refractivity contribution in [2.75, 3.05) is 0 Å². The average molecular weight is 377 g/mol. The van der Waals surface area contributed by atoms with Crippen LogP contribution in [-0.4, -0.2) is 0 Å². The largest absolute Gasteiger partial charge is 0.0905 e. The highest BCUT2D eigenvalue weighted by Gasteiger charge is 2.17. The zero-order chi connectivity index (χ0) is 20.7. The summed E-state index contributed by atoms with van der Waals surface area (Å²) in [7, 11) is 0. The van der Waals surface area contributed by atoms with Crippen LogP contribution < -0.4 is 0 Å². The molecule has 0 fully saturated rings. The second-order valence-corrected chi connectivity index (χ2v) is 8.19. The van der Waals surface area contributed by atoms with Crippen LogP contribution >= 0.6 is 0 Å². The van der Waals surface area contributed by atoms with E-state index in [1.165, 1.54) is 60.8 Å². The van der Waals surface area contributed by atoms with Crippen molar-refractivity contribution in [3.63, 3.8) is 0 Å². The third-order valence-electron chi connectivity index (χ3n) is 6.14. The normalized spacial score (nSPS) is 11.1. The molecule has 0 spiro atoms. The first kappa shape index (κ1) is 19.2. The summed E-state index contributed by atoms with van der Waals surface area (Å²) in [5, 5.41) is 2.54. The van der Waals surface area contributed by atoms with Crippen LogP contribution in [0.25, 0.3) is 27.5 Å². The Bertz CT molecular complexity index is 1230. The van der Waals surface area contributed by atoms with Crippen LogP contribution in [-0.2, 0) is 0 Å². The fraction of sp³-hybridized carbons (Fsp3) is 0.172. The van der Waals surface area contributed by atoms with E-state index in [0.29, 0.717) is 0 Å². The molecule has 0 radical (unpaired) electrons. The van der Waals surface area contributed by atoms with Crippen molar-refractivity contribution in [3.05, 3.63) is 112 Å². The van der Waals surface area contributed by atoms with Crippen LogP contribution in [0.2, 0.25) is 0 Å². The molecule has 0 atom stereocenters. The Hall–Kier alpha value is -3.12. The minimum atomic E-state index is 1.11. The van der Waals surface area contributed by atoms with E-state index in [4.69, 9.17) is 0 Å². The summed E-state index contributed by atoms with van der Waals surface area (Å²) in [4.78, 5) is 0. The van der Waals surface area contributed by atoms with Gasteiger partial charge in [-0.3, -0.25) is 0 Å². The number of hydrogen-bond donors (Lipinski definition) is 0. The Balaban J connectivity index is 1.92. The Kier molecular flexibility index (Phi) is 4.88. The van der Waals surface area contributed by atoms with Crippen LogP contribution in [0.4, 0.5) is 0 Å². The third kappa shape index (κ3) is 3.29. The molecule has 0 heterocycles. The molecule has 29 heavy (non-hydrogen) atoms.